The van der Waals surface area contributed by atoms with Crippen LogP contribution in [-0.4, -0.2) is 23.2 Å². The maximum Gasteiger partial charge on any atom is 0.293 e. The van der Waals surface area contributed by atoms with E-state index in [0.717, 1.165) is 22.2 Å². The standard InChI is InChI=1S/C25H18Cl3NO4S/c1-32-21-10-9-15(11-22(21)33-14-16-5-2-3-6-18(16)26)12-23-24(30)29(25(31)34-23)13-17-19(27)7-4-8-20(17)28/h2-12H,13-14H2,1H3/b23-12-. The first-order valence-corrected chi connectivity index (χ1v) is 12.0. The van der Waals surface area contributed by atoms with Crippen molar-refractivity contribution in [2.24, 2.45) is 0 Å². The topological polar surface area (TPSA) is 55.8 Å². The lowest BCUT2D eigenvalue weighted by molar-refractivity contribution is -0.123. The van der Waals surface area contributed by atoms with Crippen LogP contribution < -0.4 is 9.47 Å². The minimum absolute atomic E-state index is 0.00464. The Hall–Kier alpha value is -2.64. The molecule has 34 heavy (non-hydrogen) atoms. The summed E-state index contributed by atoms with van der Waals surface area (Å²) in [6, 6.07) is 17.7. The number of rotatable bonds is 7. The number of hydrogen-bond acceptors (Lipinski definition) is 5. The third-order valence-corrected chi connectivity index (χ3v) is 7.06. The second kappa shape index (κ2) is 10.7. The van der Waals surface area contributed by atoms with Gasteiger partial charge in [0.05, 0.1) is 18.6 Å². The van der Waals surface area contributed by atoms with Crippen LogP contribution in [0.5, 0.6) is 11.5 Å². The average Bonchev–Trinajstić information content (AvgIpc) is 3.08. The Bertz CT molecular complexity index is 1270. The minimum atomic E-state index is -0.416. The van der Waals surface area contributed by atoms with Crippen LogP contribution in [0.2, 0.25) is 15.1 Å². The fraction of sp³-hybridized carbons (Fsp3) is 0.120. The Morgan fingerprint density at radius 1 is 0.912 bits per heavy atom. The lowest BCUT2D eigenvalue weighted by Gasteiger charge is -2.14. The van der Waals surface area contributed by atoms with Crippen molar-refractivity contribution in [1.29, 1.82) is 0 Å². The number of amides is 2. The van der Waals surface area contributed by atoms with Crippen molar-refractivity contribution in [3.05, 3.63) is 97.3 Å². The molecule has 0 N–H and O–H groups in total. The molecule has 5 nitrogen and oxygen atoms in total. The van der Waals surface area contributed by atoms with Crippen LogP contribution >= 0.6 is 46.6 Å². The molecule has 0 radical (unpaired) electrons. The molecule has 1 saturated heterocycles. The quantitative estimate of drug-likeness (QED) is 0.294. The largest absolute Gasteiger partial charge is 0.493 e. The number of benzene rings is 3. The van der Waals surface area contributed by atoms with Crippen molar-refractivity contribution < 1.29 is 19.1 Å². The van der Waals surface area contributed by atoms with Gasteiger partial charge in [0.2, 0.25) is 0 Å². The van der Waals surface area contributed by atoms with Crippen LogP contribution in [0.1, 0.15) is 16.7 Å². The molecular weight excluding hydrogens is 517 g/mol. The molecule has 0 saturated carbocycles. The van der Waals surface area contributed by atoms with E-state index in [-0.39, 0.29) is 18.1 Å². The Morgan fingerprint density at radius 3 is 2.32 bits per heavy atom. The van der Waals surface area contributed by atoms with E-state index in [2.05, 4.69) is 0 Å². The van der Waals surface area contributed by atoms with Crippen molar-refractivity contribution in [2.75, 3.05) is 7.11 Å². The highest BCUT2D eigenvalue weighted by Gasteiger charge is 2.35. The maximum absolute atomic E-state index is 13.0. The zero-order valence-electron chi connectivity index (χ0n) is 17.9. The van der Waals surface area contributed by atoms with E-state index in [9.17, 15) is 9.59 Å². The first-order chi connectivity index (χ1) is 16.4. The summed E-state index contributed by atoms with van der Waals surface area (Å²) in [5, 5.41) is 0.998. The number of methoxy groups -OCH3 is 1. The van der Waals surface area contributed by atoms with Crippen LogP contribution in [0.3, 0.4) is 0 Å². The number of hydrogen-bond donors (Lipinski definition) is 0. The molecule has 0 atom stereocenters. The zero-order chi connectivity index (χ0) is 24.2. The van der Waals surface area contributed by atoms with Gasteiger partial charge in [-0.05, 0) is 53.7 Å². The van der Waals surface area contributed by atoms with Gasteiger partial charge in [-0.3, -0.25) is 14.5 Å². The van der Waals surface area contributed by atoms with E-state index < -0.39 is 11.1 Å². The van der Waals surface area contributed by atoms with Gasteiger partial charge in [0.25, 0.3) is 11.1 Å². The van der Waals surface area contributed by atoms with Crippen LogP contribution in [0.15, 0.2) is 65.6 Å². The van der Waals surface area contributed by atoms with Crippen molar-refractivity contribution in [3.63, 3.8) is 0 Å². The summed E-state index contributed by atoms with van der Waals surface area (Å²) in [6.45, 7) is 0.240. The fourth-order valence-corrected chi connectivity index (χ4v) is 4.84. The second-order valence-electron chi connectivity index (χ2n) is 7.26. The van der Waals surface area contributed by atoms with Gasteiger partial charge in [0, 0.05) is 26.2 Å². The van der Waals surface area contributed by atoms with Gasteiger partial charge in [0.1, 0.15) is 6.61 Å². The van der Waals surface area contributed by atoms with Gasteiger partial charge in [-0.1, -0.05) is 65.1 Å². The molecule has 0 aliphatic carbocycles. The summed E-state index contributed by atoms with van der Waals surface area (Å²) in [5.41, 5.74) is 2.03. The van der Waals surface area contributed by atoms with Gasteiger partial charge in [0.15, 0.2) is 11.5 Å². The second-order valence-corrected chi connectivity index (χ2v) is 9.47. The average molecular weight is 535 g/mol. The van der Waals surface area contributed by atoms with E-state index in [0.29, 0.717) is 37.7 Å². The van der Waals surface area contributed by atoms with Gasteiger partial charge in [-0.25, -0.2) is 0 Å². The highest BCUT2D eigenvalue weighted by Crippen LogP contribution is 2.37. The lowest BCUT2D eigenvalue weighted by Crippen LogP contribution is -2.27. The molecule has 0 aromatic heterocycles. The van der Waals surface area contributed by atoms with Gasteiger partial charge in [-0.15, -0.1) is 0 Å². The predicted octanol–water partition coefficient (Wildman–Crippen LogP) is 7.47. The van der Waals surface area contributed by atoms with Crippen LogP contribution in [0, 0.1) is 0 Å². The third kappa shape index (κ3) is 5.36. The first kappa shape index (κ1) is 24.5. The molecular formula is C25H18Cl3NO4S. The molecule has 0 unspecified atom stereocenters. The smallest absolute Gasteiger partial charge is 0.293 e. The number of ether oxygens (including phenoxy) is 2. The van der Waals surface area contributed by atoms with Crippen LogP contribution in [0.4, 0.5) is 4.79 Å². The van der Waals surface area contributed by atoms with Crippen LogP contribution in [0.25, 0.3) is 6.08 Å². The van der Waals surface area contributed by atoms with E-state index >= 15 is 0 Å². The molecule has 0 spiro atoms. The number of carbonyl (C=O) groups is 2. The third-order valence-electron chi connectivity index (χ3n) is 5.08. The predicted molar refractivity (Wildman–Crippen MR) is 137 cm³/mol. The first-order valence-electron chi connectivity index (χ1n) is 10.1. The van der Waals surface area contributed by atoms with Crippen molar-refractivity contribution in [3.8, 4) is 11.5 Å². The molecule has 0 bridgehead atoms. The van der Waals surface area contributed by atoms with E-state index in [4.69, 9.17) is 44.3 Å². The summed E-state index contributed by atoms with van der Waals surface area (Å²) in [7, 11) is 1.54. The molecule has 174 valence electrons. The summed E-state index contributed by atoms with van der Waals surface area (Å²) >= 11 is 19.5. The molecule has 4 rings (SSSR count). The fourth-order valence-electron chi connectivity index (χ4n) is 3.30. The normalized spacial score (nSPS) is 14.7. The summed E-state index contributed by atoms with van der Waals surface area (Å²) in [5.74, 6) is 0.601. The lowest BCUT2D eigenvalue weighted by atomic mass is 10.1. The number of thioether (sulfide) groups is 1. The molecule has 9 heteroatoms. The Labute approximate surface area is 216 Å². The molecule has 3 aromatic rings. The number of imide groups is 1. The summed E-state index contributed by atoms with van der Waals surface area (Å²) in [4.78, 5) is 26.9. The zero-order valence-corrected chi connectivity index (χ0v) is 21.0. The SMILES string of the molecule is COc1ccc(/C=C2\SC(=O)N(Cc3c(Cl)cccc3Cl)C2=O)cc1OCc1ccccc1Cl. The number of nitrogens with zero attached hydrogens (tertiary/aromatic N) is 1. The van der Waals surface area contributed by atoms with E-state index in [1.165, 1.54) is 0 Å². The van der Waals surface area contributed by atoms with E-state index in [1.54, 1.807) is 55.7 Å². The van der Waals surface area contributed by atoms with Crippen molar-refractivity contribution in [1.82, 2.24) is 4.90 Å². The molecule has 1 aliphatic heterocycles. The molecule has 1 aliphatic rings. The minimum Gasteiger partial charge on any atom is -0.493 e. The number of halogens is 3. The maximum atomic E-state index is 13.0. The van der Waals surface area contributed by atoms with E-state index in [1.807, 2.05) is 18.2 Å². The summed E-state index contributed by atoms with van der Waals surface area (Å²) < 4.78 is 11.3. The Morgan fingerprint density at radius 2 is 1.62 bits per heavy atom. The Kier molecular flexibility index (Phi) is 7.73. The summed E-state index contributed by atoms with van der Waals surface area (Å²) in [6.07, 6.45) is 1.64. The highest BCUT2D eigenvalue weighted by atomic mass is 35.5. The van der Waals surface area contributed by atoms with Crippen molar-refractivity contribution >= 4 is 63.8 Å². The van der Waals surface area contributed by atoms with Gasteiger partial charge >= 0.3 is 0 Å². The highest BCUT2D eigenvalue weighted by molar-refractivity contribution is 8.18. The monoisotopic (exact) mass is 533 g/mol. The molecule has 1 heterocycles. The molecule has 3 aromatic carbocycles. The van der Waals surface area contributed by atoms with Gasteiger partial charge < -0.3 is 9.47 Å². The van der Waals surface area contributed by atoms with Crippen LogP contribution in [-0.2, 0) is 17.9 Å². The number of carbonyl (C=O) groups excluding carboxylic acids is 2. The van der Waals surface area contributed by atoms with Gasteiger partial charge in [-0.2, -0.15) is 0 Å². The Balaban J connectivity index is 1.55. The van der Waals surface area contributed by atoms with Crippen molar-refractivity contribution in [2.45, 2.75) is 13.2 Å². The molecule has 1 fully saturated rings. The molecule has 2 amide bonds.